The summed E-state index contributed by atoms with van der Waals surface area (Å²) in [5.41, 5.74) is 6.92. The van der Waals surface area contributed by atoms with Crippen molar-refractivity contribution in [3.63, 3.8) is 0 Å². The van der Waals surface area contributed by atoms with Crippen molar-refractivity contribution in [2.45, 2.75) is 18.4 Å². The van der Waals surface area contributed by atoms with Crippen LogP contribution in [0.5, 0.6) is 5.75 Å². The van der Waals surface area contributed by atoms with Crippen LogP contribution >= 0.6 is 0 Å². The van der Waals surface area contributed by atoms with Crippen LogP contribution in [0.15, 0.2) is 39.8 Å². The molecule has 0 aliphatic carbocycles. The van der Waals surface area contributed by atoms with E-state index in [1.165, 1.54) is 42.9 Å². The van der Waals surface area contributed by atoms with E-state index in [2.05, 4.69) is 0 Å². The molecule has 0 radical (unpaired) electrons. The van der Waals surface area contributed by atoms with E-state index in [0.29, 0.717) is 17.2 Å². The molecule has 0 bridgehead atoms. The molecule has 1 aromatic carbocycles. The summed E-state index contributed by atoms with van der Waals surface area (Å²) in [6.07, 6.45) is 1.54. The van der Waals surface area contributed by atoms with Gasteiger partial charge in [-0.05, 0) is 25.1 Å². The summed E-state index contributed by atoms with van der Waals surface area (Å²) in [5, 5.41) is 0. The highest BCUT2D eigenvalue weighted by Gasteiger charge is 2.23. The van der Waals surface area contributed by atoms with Crippen molar-refractivity contribution in [2.75, 3.05) is 19.9 Å². The molecule has 7 heteroatoms. The van der Waals surface area contributed by atoms with Gasteiger partial charge in [0.15, 0.2) is 0 Å². The average molecular weight is 310 g/mol. The van der Waals surface area contributed by atoms with Gasteiger partial charge in [-0.25, -0.2) is 8.42 Å². The largest absolute Gasteiger partial charge is 0.495 e. The van der Waals surface area contributed by atoms with Crippen molar-refractivity contribution in [3.8, 4) is 5.75 Å². The van der Waals surface area contributed by atoms with Gasteiger partial charge in [-0.2, -0.15) is 4.31 Å². The van der Waals surface area contributed by atoms with Crippen molar-refractivity contribution in [2.24, 2.45) is 0 Å². The van der Waals surface area contributed by atoms with Crippen molar-refractivity contribution in [3.05, 3.63) is 41.9 Å². The smallest absolute Gasteiger partial charge is 0.243 e. The van der Waals surface area contributed by atoms with Crippen molar-refractivity contribution < 1.29 is 17.6 Å². The van der Waals surface area contributed by atoms with Gasteiger partial charge in [-0.1, -0.05) is 0 Å². The normalized spacial score (nSPS) is 11.8. The van der Waals surface area contributed by atoms with E-state index in [1.807, 2.05) is 0 Å². The minimum Gasteiger partial charge on any atom is -0.495 e. The van der Waals surface area contributed by atoms with Crippen LogP contribution in [0.1, 0.15) is 11.3 Å². The van der Waals surface area contributed by atoms with E-state index in [4.69, 9.17) is 14.9 Å². The molecule has 21 heavy (non-hydrogen) atoms. The molecule has 0 unspecified atom stereocenters. The molecule has 2 aromatic rings. The van der Waals surface area contributed by atoms with E-state index in [-0.39, 0.29) is 11.4 Å². The second kappa shape index (κ2) is 5.79. The van der Waals surface area contributed by atoms with Crippen molar-refractivity contribution in [1.82, 2.24) is 4.31 Å². The van der Waals surface area contributed by atoms with Crippen molar-refractivity contribution in [1.29, 1.82) is 0 Å². The lowest BCUT2D eigenvalue weighted by Crippen LogP contribution is -2.26. The summed E-state index contributed by atoms with van der Waals surface area (Å²) in [7, 11) is -0.662. The maximum absolute atomic E-state index is 12.5. The van der Waals surface area contributed by atoms with Crippen LogP contribution in [0.25, 0.3) is 0 Å². The fourth-order valence-electron chi connectivity index (χ4n) is 1.93. The Morgan fingerprint density at radius 2 is 2.05 bits per heavy atom. The van der Waals surface area contributed by atoms with Gasteiger partial charge in [-0.3, -0.25) is 0 Å². The summed E-state index contributed by atoms with van der Waals surface area (Å²) in [6, 6.07) is 6.16. The van der Waals surface area contributed by atoms with E-state index in [9.17, 15) is 8.42 Å². The Hall–Kier alpha value is -1.99. The quantitative estimate of drug-likeness (QED) is 0.854. The second-order valence-corrected chi connectivity index (χ2v) is 6.71. The first-order chi connectivity index (χ1) is 9.86. The zero-order chi connectivity index (χ0) is 15.6. The maximum Gasteiger partial charge on any atom is 0.243 e. The van der Waals surface area contributed by atoms with Crippen LogP contribution in [0.3, 0.4) is 0 Å². The Labute approximate surface area is 124 Å². The molecule has 0 spiro atoms. The summed E-state index contributed by atoms with van der Waals surface area (Å²) in [5.74, 6) is 1.04. The molecule has 0 saturated heterocycles. The third-order valence-corrected chi connectivity index (χ3v) is 5.07. The average Bonchev–Trinajstić information content (AvgIpc) is 2.84. The number of hydrogen-bond acceptors (Lipinski definition) is 5. The predicted molar refractivity (Wildman–Crippen MR) is 79.5 cm³/mol. The van der Waals surface area contributed by atoms with E-state index in [0.717, 1.165) is 5.56 Å². The number of benzene rings is 1. The molecule has 1 aromatic heterocycles. The number of hydrogen-bond donors (Lipinski definition) is 1. The Morgan fingerprint density at radius 3 is 2.62 bits per heavy atom. The molecule has 0 atom stereocenters. The molecule has 0 amide bonds. The number of ether oxygens (including phenoxy) is 1. The van der Waals surface area contributed by atoms with Gasteiger partial charge in [-0.15, -0.1) is 0 Å². The summed E-state index contributed by atoms with van der Waals surface area (Å²) >= 11 is 0. The highest BCUT2D eigenvalue weighted by molar-refractivity contribution is 7.89. The SMILES string of the molecule is COc1cc(S(=O)(=O)N(C)Cc2ccoc2C)ccc1N. The number of rotatable bonds is 5. The van der Waals surface area contributed by atoms with E-state index < -0.39 is 10.0 Å². The monoisotopic (exact) mass is 310 g/mol. The highest BCUT2D eigenvalue weighted by atomic mass is 32.2. The van der Waals surface area contributed by atoms with Crippen LogP contribution in [0.2, 0.25) is 0 Å². The third-order valence-electron chi connectivity index (χ3n) is 3.27. The Kier molecular flexibility index (Phi) is 4.24. The van der Waals surface area contributed by atoms with Gasteiger partial charge in [0.05, 0.1) is 24.0 Å². The molecule has 0 saturated carbocycles. The first-order valence-electron chi connectivity index (χ1n) is 6.29. The lowest BCUT2D eigenvalue weighted by molar-refractivity contribution is 0.414. The second-order valence-electron chi connectivity index (χ2n) is 4.67. The standard InChI is InChI=1S/C14H18N2O4S/c1-10-11(6-7-20-10)9-16(2)21(17,18)12-4-5-13(15)14(8-12)19-3/h4-8H,9,15H2,1-3H3. The van der Waals surface area contributed by atoms with E-state index in [1.54, 1.807) is 13.0 Å². The predicted octanol–water partition coefficient (Wildman–Crippen LogP) is 2.00. The Morgan fingerprint density at radius 1 is 1.33 bits per heavy atom. The minimum absolute atomic E-state index is 0.136. The zero-order valence-corrected chi connectivity index (χ0v) is 13.0. The summed E-state index contributed by atoms with van der Waals surface area (Å²) in [6.45, 7) is 2.03. The van der Waals surface area contributed by atoms with Crippen LogP contribution in [-0.4, -0.2) is 26.9 Å². The van der Waals surface area contributed by atoms with Gasteiger partial charge in [0, 0.05) is 25.2 Å². The van der Waals surface area contributed by atoms with Crippen LogP contribution < -0.4 is 10.5 Å². The molecule has 6 nitrogen and oxygen atoms in total. The molecular formula is C14H18N2O4S. The number of nitrogens with zero attached hydrogens (tertiary/aromatic N) is 1. The number of nitrogens with two attached hydrogens (primary N) is 1. The van der Waals surface area contributed by atoms with E-state index >= 15 is 0 Å². The number of anilines is 1. The number of nitrogen functional groups attached to an aromatic ring is 1. The molecule has 1 heterocycles. The third kappa shape index (κ3) is 3.03. The zero-order valence-electron chi connectivity index (χ0n) is 12.2. The molecular weight excluding hydrogens is 292 g/mol. The summed E-state index contributed by atoms with van der Waals surface area (Å²) < 4.78 is 36.6. The van der Waals surface area contributed by atoms with Crippen LogP contribution in [0.4, 0.5) is 5.69 Å². The number of furan rings is 1. The molecule has 2 N–H and O–H groups in total. The number of sulfonamides is 1. The maximum atomic E-state index is 12.5. The Bertz CT molecular complexity index is 737. The fraction of sp³-hybridized carbons (Fsp3) is 0.286. The molecule has 0 aliphatic rings. The fourth-order valence-corrected chi connectivity index (χ4v) is 3.10. The molecule has 2 rings (SSSR count). The van der Waals surface area contributed by atoms with Crippen molar-refractivity contribution >= 4 is 15.7 Å². The molecule has 114 valence electrons. The Balaban J connectivity index is 2.31. The highest BCUT2D eigenvalue weighted by Crippen LogP contribution is 2.27. The first kappa shape index (κ1) is 15.4. The number of aryl methyl sites for hydroxylation is 1. The van der Waals surface area contributed by atoms with Gasteiger partial charge in [0.2, 0.25) is 10.0 Å². The minimum atomic E-state index is -3.63. The first-order valence-corrected chi connectivity index (χ1v) is 7.73. The van der Waals surface area contributed by atoms with Gasteiger partial charge >= 0.3 is 0 Å². The lowest BCUT2D eigenvalue weighted by atomic mass is 10.3. The molecule has 0 aliphatic heterocycles. The van der Waals surface area contributed by atoms with Gasteiger partial charge in [0.25, 0.3) is 0 Å². The number of methoxy groups -OCH3 is 1. The van der Waals surface area contributed by atoms with Gasteiger partial charge < -0.3 is 14.9 Å². The van der Waals surface area contributed by atoms with Gasteiger partial charge in [0.1, 0.15) is 11.5 Å². The van der Waals surface area contributed by atoms with Crippen LogP contribution in [0, 0.1) is 6.92 Å². The van der Waals surface area contributed by atoms with Crippen LogP contribution in [-0.2, 0) is 16.6 Å². The molecule has 0 fully saturated rings. The topological polar surface area (TPSA) is 85.8 Å². The summed E-state index contributed by atoms with van der Waals surface area (Å²) in [4.78, 5) is 0.136. The lowest BCUT2D eigenvalue weighted by Gasteiger charge is -2.17.